The number of imidazole rings is 1. The SMILES string of the molecule is CC(C)NCc1c(-n2cc(Br)cn2)nc2sccn12. The summed E-state index contributed by atoms with van der Waals surface area (Å²) < 4.78 is 4.87. The predicted molar refractivity (Wildman–Crippen MR) is 79.9 cm³/mol. The Balaban J connectivity index is 2.07. The quantitative estimate of drug-likeness (QED) is 0.794. The van der Waals surface area contributed by atoms with Gasteiger partial charge in [-0.2, -0.15) is 10.1 Å². The van der Waals surface area contributed by atoms with Gasteiger partial charge in [0, 0.05) is 30.4 Å². The van der Waals surface area contributed by atoms with Crippen molar-refractivity contribution >= 4 is 32.2 Å². The van der Waals surface area contributed by atoms with Crippen LogP contribution < -0.4 is 5.32 Å². The van der Waals surface area contributed by atoms with Crippen molar-refractivity contribution in [1.82, 2.24) is 24.5 Å². The largest absolute Gasteiger partial charge is 0.309 e. The van der Waals surface area contributed by atoms with Crippen LogP contribution in [-0.4, -0.2) is 25.2 Å². The number of nitrogens with zero attached hydrogens (tertiary/aromatic N) is 4. The molecule has 0 radical (unpaired) electrons. The maximum atomic E-state index is 4.66. The Bertz CT molecular complexity index is 696. The van der Waals surface area contributed by atoms with Crippen molar-refractivity contribution < 1.29 is 0 Å². The van der Waals surface area contributed by atoms with Crippen molar-refractivity contribution in [3.63, 3.8) is 0 Å². The lowest BCUT2D eigenvalue weighted by molar-refractivity contribution is 0.577. The third-order valence-corrected chi connectivity index (χ3v) is 3.95. The second-order valence-electron chi connectivity index (χ2n) is 4.58. The Morgan fingerprint density at radius 2 is 2.32 bits per heavy atom. The zero-order chi connectivity index (χ0) is 13.4. The number of nitrogens with one attached hydrogen (secondary N) is 1. The molecule has 0 spiro atoms. The lowest BCUT2D eigenvalue weighted by atomic mass is 10.3. The van der Waals surface area contributed by atoms with Gasteiger partial charge in [0.25, 0.3) is 0 Å². The minimum atomic E-state index is 0.432. The van der Waals surface area contributed by atoms with Gasteiger partial charge in [-0.05, 0) is 15.9 Å². The van der Waals surface area contributed by atoms with E-state index in [1.807, 2.05) is 17.8 Å². The molecule has 100 valence electrons. The van der Waals surface area contributed by atoms with Crippen LogP contribution in [-0.2, 0) is 6.54 Å². The summed E-state index contributed by atoms with van der Waals surface area (Å²) in [5.41, 5.74) is 1.13. The molecule has 3 aromatic rings. The van der Waals surface area contributed by atoms with Crippen LogP contribution in [0.4, 0.5) is 0 Å². The standard InChI is InChI=1S/C12H14BrN5S/c1-8(2)14-6-10-11(18-7-9(13)5-15-18)16-12-17(10)3-4-19-12/h3-5,7-8,14H,6H2,1-2H3. The van der Waals surface area contributed by atoms with Crippen LogP contribution in [0.3, 0.4) is 0 Å². The van der Waals surface area contributed by atoms with Gasteiger partial charge in [0.05, 0.1) is 16.4 Å². The van der Waals surface area contributed by atoms with Gasteiger partial charge >= 0.3 is 0 Å². The van der Waals surface area contributed by atoms with Gasteiger partial charge in [0.1, 0.15) is 0 Å². The van der Waals surface area contributed by atoms with Crippen LogP contribution in [0.5, 0.6) is 0 Å². The highest BCUT2D eigenvalue weighted by molar-refractivity contribution is 9.10. The van der Waals surface area contributed by atoms with Gasteiger partial charge in [0.2, 0.25) is 0 Å². The van der Waals surface area contributed by atoms with E-state index in [0.717, 1.165) is 27.5 Å². The number of fused-ring (bicyclic) bond motifs is 1. The van der Waals surface area contributed by atoms with Crippen molar-refractivity contribution in [2.24, 2.45) is 0 Å². The van der Waals surface area contributed by atoms with E-state index in [9.17, 15) is 0 Å². The fourth-order valence-corrected chi connectivity index (χ4v) is 2.90. The van der Waals surface area contributed by atoms with E-state index in [2.05, 4.69) is 49.6 Å². The summed E-state index contributed by atoms with van der Waals surface area (Å²) in [6.07, 6.45) is 5.74. The highest BCUT2D eigenvalue weighted by Crippen LogP contribution is 2.21. The molecule has 0 aromatic carbocycles. The first kappa shape index (κ1) is 12.8. The zero-order valence-corrected chi connectivity index (χ0v) is 13.1. The minimum Gasteiger partial charge on any atom is -0.309 e. The Kier molecular flexibility index (Phi) is 3.42. The van der Waals surface area contributed by atoms with Gasteiger partial charge < -0.3 is 5.32 Å². The number of halogens is 1. The fraction of sp³-hybridized carbons (Fsp3) is 0.333. The van der Waals surface area contributed by atoms with Crippen LogP contribution in [0.2, 0.25) is 0 Å². The normalized spacial score (nSPS) is 11.8. The van der Waals surface area contributed by atoms with E-state index < -0.39 is 0 Å². The average Bonchev–Trinajstić information content (AvgIpc) is 3.00. The molecule has 0 unspecified atom stereocenters. The first-order valence-corrected chi connectivity index (χ1v) is 7.71. The van der Waals surface area contributed by atoms with E-state index in [-0.39, 0.29) is 0 Å². The summed E-state index contributed by atoms with van der Waals surface area (Å²) in [6, 6.07) is 0.432. The molecule has 0 amide bonds. The van der Waals surface area contributed by atoms with Gasteiger partial charge in [-0.1, -0.05) is 13.8 Å². The molecule has 0 bridgehead atoms. The van der Waals surface area contributed by atoms with Crippen molar-refractivity contribution in [3.8, 4) is 5.82 Å². The first-order chi connectivity index (χ1) is 9.15. The highest BCUT2D eigenvalue weighted by atomic mass is 79.9. The molecular formula is C12H14BrN5S. The number of rotatable bonds is 4. The van der Waals surface area contributed by atoms with Crippen LogP contribution in [0.25, 0.3) is 10.8 Å². The van der Waals surface area contributed by atoms with Crippen LogP contribution in [0, 0.1) is 0 Å². The van der Waals surface area contributed by atoms with Crippen molar-refractivity contribution in [2.75, 3.05) is 0 Å². The van der Waals surface area contributed by atoms with Crippen LogP contribution in [0.15, 0.2) is 28.4 Å². The molecule has 0 saturated heterocycles. The monoisotopic (exact) mass is 339 g/mol. The third-order valence-electron chi connectivity index (χ3n) is 2.79. The molecule has 0 aliphatic heterocycles. The molecule has 0 fully saturated rings. The number of hydrogen-bond acceptors (Lipinski definition) is 4. The molecule has 0 aliphatic carbocycles. The summed E-state index contributed by atoms with van der Waals surface area (Å²) in [6.45, 7) is 5.04. The third kappa shape index (κ3) is 2.45. The Hall–Kier alpha value is -1.18. The lowest BCUT2D eigenvalue weighted by Crippen LogP contribution is -2.23. The van der Waals surface area contributed by atoms with E-state index >= 15 is 0 Å². The molecular weight excluding hydrogens is 326 g/mol. The van der Waals surface area contributed by atoms with Gasteiger partial charge in [-0.15, -0.1) is 11.3 Å². The molecule has 3 heterocycles. The molecule has 5 nitrogen and oxygen atoms in total. The molecule has 0 aliphatic rings. The molecule has 7 heteroatoms. The summed E-state index contributed by atoms with van der Waals surface area (Å²) in [5, 5.41) is 9.80. The molecule has 0 atom stereocenters. The summed E-state index contributed by atoms with van der Waals surface area (Å²) in [5.74, 6) is 0.880. The Morgan fingerprint density at radius 3 is 3.00 bits per heavy atom. The molecule has 1 N–H and O–H groups in total. The van der Waals surface area contributed by atoms with Crippen molar-refractivity contribution in [2.45, 2.75) is 26.4 Å². The predicted octanol–water partition coefficient (Wildman–Crippen LogP) is 2.84. The van der Waals surface area contributed by atoms with Crippen molar-refractivity contribution in [3.05, 3.63) is 34.1 Å². The minimum absolute atomic E-state index is 0.432. The van der Waals surface area contributed by atoms with E-state index in [1.54, 1.807) is 22.2 Å². The van der Waals surface area contributed by atoms with Gasteiger partial charge in [0.15, 0.2) is 10.8 Å². The number of thiazole rings is 1. The van der Waals surface area contributed by atoms with E-state index in [1.165, 1.54) is 0 Å². The second kappa shape index (κ2) is 5.07. The number of hydrogen-bond donors (Lipinski definition) is 1. The zero-order valence-electron chi connectivity index (χ0n) is 10.7. The smallest absolute Gasteiger partial charge is 0.196 e. The first-order valence-electron chi connectivity index (χ1n) is 6.03. The maximum Gasteiger partial charge on any atom is 0.196 e. The van der Waals surface area contributed by atoms with Crippen molar-refractivity contribution in [1.29, 1.82) is 0 Å². The lowest BCUT2D eigenvalue weighted by Gasteiger charge is -2.09. The summed E-state index contributed by atoms with van der Waals surface area (Å²) in [7, 11) is 0. The number of aromatic nitrogens is 4. The molecule has 19 heavy (non-hydrogen) atoms. The van der Waals surface area contributed by atoms with E-state index in [4.69, 9.17) is 0 Å². The van der Waals surface area contributed by atoms with Crippen LogP contribution >= 0.6 is 27.3 Å². The maximum absolute atomic E-state index is 4.66. The molecule has 3 rings (SSSR count). The van der Waals surface area contributed by atoms with Crippen LogP contribution in [0.1, 0.15) is 19.5 Å². The Labute approximate surface area is 123 Å². The van der Waals surface area contributed by atoms with Gasteiger partial charge in [-0.3, -0.25) is 4.40 Å². The topological polar surface area (TPSA) is 47.2 Å². The van der Waals surface area contributed by atoms with E-state index in [0.29, 0.717) is 6.04 Å². The summed E-state index contributed by atoms with van der Waals surface area (Å²) >= 11 is 5.05. The fourth-order valence-electron chi connectivity index (χ4n) is 1.89. The molecule has 3 aromatic heterocycles. The average molecular weight is 340 g/mol. The van der Waals surface area contributed by atoms with Gasteiger partial charge in [-0.25, -0.2) is 4.68 Å². The Morgan fingerprint density at radius 1 is 1.47 bits per heavy atom. The highest BCUT2D eigenvalue weighted by Gasteiger charge is 2.15. The second-order valence-corrected chi connectivity index (χ2v) is 6.37. The summed E-state index contributed by atoms with van der Waals surface area (Å²) in [4.78, 5) is 5.64. The molecule has 0 saturated carbocycles.